The van der Waals surface area contributed by atoms with Gasteiger partial charge in [0.2, 0.25) is 5.91 Å². The number of piperidine rings is 1. The quantitative estimate of drug-likeness (QED) is 0.880. The number of aliphatic hydroxyl groups is 1. The Hall–Kier alpha value is -1.85. The van der Waals surface area contributed by atoms with Crippen LogP contribution in [0.3, 0.4) is 0 Å². The van der Waals surface area contributed by atoms with Gasteiger partial charge in [-0.15, -0.1) is 0 Å². The van der Waals surface area contributed by atoms with E-state index in [0.29, 0.717) is 18.5 Å². The minimum atomic E-state index is -0.354. The molecule has 1 unspecified atom stereocenters. The van der Waals surface area contributed by atoms with Crippen LogP contribution in [0.1, 0.15) is 57.1 Å². The lowest BCUT2D eigenvalue weighted by Gasteiger charge is -2.48. The van der Waals surface area contributed by atoms with E-state index in [0.717, 1.165) is 81.2 Å². The second kappa shape index (κ2) is 7.20. The maximum Gasteiger partial charge on any atom is 0.243 e. The average Bonchev–Trinajstić information content (AvgIpc) is 3.29. The molecule has 1 aliphatic carbocycles. The van der Waals surface area contributed by atoms with Gasteiger partial charge >= 0.3 is 0 Å². The van der Waals surface area contributed by atoms with E-state index in [2.05, 4.69) is 21.9 Å². The molecule has 2 aliphatic heterocycles. The number of rotatable bonds is 3. The van der Waals surface area contributed by atoms with E-state index in [-0.39, 0.29) is 11.6 Å². The van der Waals surface area contributed by atoms with E-state index in [1.165, 1.54) is 0 Å². The maximum atomic E-state index is 13.7. The van der Waals surface area contributed by atoms with E-state index >= 15 is 0 Å². The number of aliphatic hydroxyl groups excluding tert-OH is 1. The van der Waals surface area contributed by atoms with Gasteiger partial charge in [-0.2, -0.15) is 0 Å². The molecule has 1 N–H and O–H groups in total. The predicted octanol–water partition coefficient (Wildman–Crippen LogP) is 3.69. The molecule has 2 saturated heterocycles. The van der Waals surface area contributed by atoms with E-state index < -0.39 is 0 Å². The molecule has 3 aliphatic rings. The van der Waals surface area contributed by atoms with Crippen LogP contribution in [-0.2, 0) is 11.3 Å². The molecule has 0 radical (unpaired) electrons. The van der Waals surface area contributed by atoms with Crippen LogP contribution in [0, 0.1) is 0 Å². The van der Waals surface area contributed by atoms with Crippen LogP contribution in [0.25, 0.3) is 11.0 Å². The predicted molar refractivity (Wildman–Crippen MR) is 108 cm³/mol. The molecular weight excluding hydrogens is 352 g/mol. The number of hydrogen-bond donors (Lipinski definition) is 1. The standard InChI is InChI=1S/C23H30N2O3/c26-19-9-7-18(8-10-19)25-14-4-12-23(22(25)27)11-3-13-24(23)16-20-15-17-5-1-2-6-21(17)28-20/h1-2,5-6,15,18-19,26H,3-4,7-14,16H2. The molecule has 0 bridgehead atoms. The first kappa shape index (κ1) is 18.2. The number of benzene rings is 1. The molecule has 5 nitrogen and oxygen atoms in total. The molecular formula is C23H30N2O3. The molecule has 28 heavy (non-hydrogen) atoms. The number of fused-ring (bicyclic) bond motifs is 1. The Morgan fingerprint density at radius 1 is 1.07 bits per heavy atom. The summed E-state index contributed by atoms with van der Waals surface area (Å²) in [6.07, 6.45) is 7.40. The van der Waals surface area contributed by atoms with Crippen molar-refractivity contribution in [1.82, 2.24) is 9.80 Å². The third-order valence-corrected chi connectivity index (χ3v) is 7.20. The molecule has 1 atom stereocenters. The van der Waals surface area contributed by atoms with Crippen molar-refractivity contribution in [1.29, 1.82) is 0 Å². The summed E-state index contributed by atoms with van der Waals surface area (Å²) >= 11 is 0. The highest BCUT2D eigenvalue weighted by Crippen LogP contribution is 2.41. The molecule has 1 saturated carbocycles. The van der Waals surface area contributed by atoms with Crippen LogP contribution in [0.5, 0.6) is 0 Å². The van der Waals surface area contributed by atoms with Crippen molar-refractivity contribution in [2.75, 3.05) is 13.1 Å². The Morgan fingerprint density at radius 3 is 2.61 bits per heavy atom. The van der Waals surface area contributed by atoms with Crippen molar-refractivity contribution in [3.05, 3.63) is 36.1 Å². The van der Waals surface area contributed by atoms with Crippen molar-refractivity contribution >= 4 is 16.9 Å². The smallest absolute Gasteiger partial charge is 0.243 e. The lowest BCUT2D eigenvalue weighted by molar-refractivity contribution is -0.152. The third-order valence-electron chi connectivity index (χ3n) is 7.20. The highest BCUT2D eigenvalue weighted by atomic mass is 16.3. The zero-order chi connectivity index (χ0) is 19.1. The van der Waals surface area contributed by atoms with Crippen LogP contribution < -0.4 is 0 Å². The number of carbonyl (C=O) groups excluding carboxylic acids is 1. The van der Waals surface area contributed by atoms with Gasteiger partial charge in [0.05, 0.1) is 12.6 Å². The largest absolute Gasteiger partial charge is 0.460 e. The van der Waals surface area contributed by atoms with Crippen molar-refractivity contribution in [3.8, 4) is 0 Å². The summed E-state index contributed by atoms with van der Waals surface area (Å²) in [4.78, 5) is 18.2. The fourth-order valence-electron chi connectivity index (χ4n) is 5.73. The monoisotopic (exact) mass is 382 g/mol. The average molecular weight is 383 g/mol. The van der Waals surface area contributed by atoms with Crippen LogP contribution in [-0.4, -0.2) is 51.6 Å². The second-order valence-corrected chi connectivity index (χ2v) is 8.87. The zero-order valence-electron chi connectivity index (χ0n) is 16.5. The molecule has 3 fully saturated rings. The molecule has 2 aromatic rings. The lowest BCUT2D eigenvalue weighted by atomic mass is 9.82. The van der Waals surface area contributed by atoms with Crippen LogP contribution in [0.2, 0.25) is 0 Å². The molecule has 5 heteroatoms. The Morgan fingerprint density at radius 2 is 1.82 bits per heavy atom. The number of furan rings is 1. The SMILES string of the molecule is O=C1N(C2CCC(O)CC2)CCCC12CCCN2Cc1cc2ccccc2o1. The Labute approximate surface area is 166 Å². The fraction of sp³-hybridized carbons (Fsp3) is 0.609. The molecule has 1 aromatic carbocycles. The maximum absolute atomic E-state index is 13.7. The summed E-state index contributed by atoms with van der Waals surface area (Å²) in [6, 6.07) is 10.5. The van der Waals surface area contributed by atoms with Crippen LogP contribution in [0.15, 0.2) is 34.7 Å². The minimum absolute atomic E-state index is 0.179. The normalized spacial score (nSPS) is 31.9. The molecule has 5 rings (SSSR count). The first-order valence-electron chi connectivity index (χ1n) is 10.9. The van der Waals surface area contributed by atoms with Gasteiger partial charge in [0, 0.05) is 18.0 Å². The van der Waals surface area contributed by atoms with Crippen LogP contribution in [0.4, 0.5) is 0 Å². The van der Waals surface area contributed by atoms with Crippen molar-refractivity contribution < 1.29 is 14.3 Å². The number of nitrogens with zero attached hydrogens (tertiary/aromatic N) is 2. The van der Waals surface area contributed by atoms with Gasteiger partial charge in [-0.05, 0) is 70.0 Å². The number of para-hydroxylation sites is 1. The number of amides is 1. The van der Waals surface area contributed by atoms with Gasteiger partial charge in [0.15, 0.2) is 0 Å². The van der Waals surface area contributed by atoms with E-state index in [1.807, 2.05) is 18.2 Å². The topological polar surface area (TPSA) is 56.9 Å². The molecule has 3 heterocycles. The van der Waals surface area contributed by atoms with Gasteiger partial charge in [-0.1, -0.05) is 18.2 Å². The van der Waals surface area contributed by atoms with Gasteiger partial charge in [0.25, 0.3) is 0 Å². The summed E-state index contributed by atoms with van der Waals surface area (Å²) in [5, 5.41) is 11.0. The number of hydrogen-bond acceptors (Lipinski definition) is 4. The summed E-state index contributed by atoms with van der Waals surface area (Å²) in [5.41, 5.74) is 0.566. The Kier molecular flexibility index (Phi) is 4.68. The fourth-order valence-corrected chi connectivity index (χ4v) is 5.73. The first-order chi connectivity index (χ1) is 13.7. The Balaban J connectivity index is 1.37. The summed E-state index contributed by atoms with van der Waals surface area (Å²) < 4.78 is 6.06. The second-order valence-electron chi connectivity index (χ2n) is 8.87. The highest BCUT2D eigenvalue weighted by Gasteiger charge is 2.52. The zero-order valence-corrected chi connectivity index (χ0v) is 16.5. The van der Waals surface area contributed by atoms with E-state index in [9.17, 15) is 9.90 Å². The third kappa shape index (κ3) is 3.05. The Bertz CT molecular complexity index is 821. The minimum Gasteiger partial charge on any atom is -0.460 e. The van der Waals surface area contributed by atoms with Gasteiger partial charge in [-0.25, -0.2) is 0 Å². The molecule has 1 aromatic heterocycles. The van der Waals surface area contributed by atoms with Crippen molar-refractivity contribution in [2.24, 2.45) is 0 Å². The lowest BCUT2D eigenvalue weighted by Crippen LogP contribution is -2.62. The summed E-state index contributed by atoms with van der Waals surface area (Å²) in [7, 11) is 0. The number of likely N-dealkylation sites (tertiary alicyclic amines) is 2. The first-order valence-corrected chi connectivity index (χ1v) is 10.9. The summed E-state index contributed by atoms with van der Waals surface area (Å²) in [6.45, 7) is 2.54. The van der Waals surface area contributed by atoms with Gasteiger partial charge in [0.1, 0.15) is 16.9 Å². The van der Waals surface area contributed by atoms with Crippen molar-refractivity contribution in [3.63, 3.8) is 0 Å². The van der Waals surface area contributed by atoms with E-state index in [1.54, 1.807) is 0 Å². The van der Waals surface area contributed by atoms with Crippen LogP contribution >= 0.6 is 0 Å². The molecule has 150 valence electrons. The highest BCUT2D eigenvalue weighted by molar-refractivity contribution is 5.88. The van der Waals surface area contributed by atoms with Gasteiger partial charge < -0.3 is 14.4 Å². The number of carbonyl (C=O) groups is 1. The summed E-state index contributed by atoms with van der Waals surface area (Å²) in [5.74, 6) is 1.28. The molecule has 1 amide bonds. The van der Waals surface area contributed by atoms with E-state index in [4.69, 9.17) is 4.42 Å². The van der Waals surface area contributed by atoms with Gasteiger partial charge in [-0.3, -0.25) is 9.69 Å². The molecule has 1 spiro atoms. The van der Waals surface area contributed by atoms with Crippen molar-refractivity contribution in [2.45, 2.75) is 75.6 Å².